The van der Waals surface area contributed by atoms with Crippen LogP contribution in [0.4, 0.5) is 0 Å². The molecule has 1 atom stereocenters. The molecule has 0 aromatic heterocycles. The van der Waals surface area contributed by atoms with E-state index in [2.05, 4.69) is 5.32 Å². The molecule has 10 heavy (non-hydrogen) atoms. The highest BCUT2D eigenvalue weighted by Gasteiger charge is 2.30. The van der Waals surface area contributed by atoms with Crippen LogP contribution in [-0.2, 0) is 14.3 Å². The molecule has 1 unspecified atom stereocenters. The molecule has 1 aliphatic rings. The predicted octanol–water partition coefficient (Wildman–Crippen LogP) is -0.562. The van der Waals surface area contributed by atoms with Crippen LogP contribution in [0.1, 0.15) is 13.3 Å². The van der Waals surface area contributed by atoms with Gasteiger partial charge in [0.05, 0.1) is 6.54 Å². The van der Waals surface area contributed by atoms with Crippen molar-refractivity contribution in [3.8, 4) is 0 Å². The van der Waals surface area contributed by atoms with Gasteiger partial charge in [-0.05, 0) is 0 Å². The average molecular weight is 143 g/mol. The monoisotopic (exact) mass is 143 g/mol. The Morgan fingerprint density at radius 1 is 1.90 bits per heavy atom. The van der Waals surface area contributed by atoms with E-state index in [-0.39, 0.29) is 11.9 Å². The molecule has 1 fully saturated rings. The number of rotatable bonds is 2. The number of carbonyl (C=O) groups is 2. The van der Waals surface area contributed by atoms with Crippen molar-refractivity contribution in [3.63, 3.8) is 0 Å². The lowest BCUT2D eigenvalue weighted by Gasteiger charge is -2.24. The van der Waals surface area contributed by atoms with Crippen molar-refractivity contribution in [3.05, 3.63) is 0 Å². The van der Waals surface area contributed by atoms with Crippen LogP contribution in [0.5, 0.6) is 0 Å². The van der Waals surface area contributed by atoms with Gasteiger partial charge in [0.2, 0.25) is 0 Å². The van der Waals surface area contributed by atoms with Crippen LogP contribution in [-0.4, -0.2) is 24.5 Å². The summed E-state index contributed by atoms with van der Waals surface area (Å²) in [5, 5.41) is 2.47. The largest absolute Gasteiger partial charge is 0.450 e. The standard InChI is InChI=1S/C6H9NO3/c1-2-5(8)10-4-3-7-6(4)9/h4H,2-3H2,1H3,(H,7,9). The number of amides is 1. The highest BCUT2D eigenvalue weighted by atomic mass is 16.6. The smallest absolute Gasteiger partial charge is 0.306 e. The molecule has 4 nitrogen and oxygen atoms in total. The van der Waals surface area contributed by atoms with E-state index in [1.54, 1.807) is 6.92 Å². The van der Waals surface area contributed by atoms with E-state index >= 15 is 0 Å². The van der Waals surface area contributed by atoms with E-state index in [9.17, 15) is 9.59 Å². The van der Waals surface area contributed by atoms with E-state index in [1.807, 2.05) is 0 Å². The zero-order valence-electron chi connectivity index (χ0n) is 5.72. The molecule has 0 saturated carbocycles. The van der Waals surface area contributed by atoms with Gasteiger partial charge >= 0.3 is 5.97 Å². The van der Waals surface area contributed by atoms with Gasteiger partial charge in [-0.3, -0.25) is 9.59 Å². The van der Waals surface area contributed by atoms with Crippen molar-refractivity contribution in [2.75, 3.05) is 6.54 Å². The van der Waals surface area contributed by atoms with Crippen LogP contribution in [0, 0.1) is 0 Å². The Morgan fingerprint density at radius 2 is 2.60 bits per heavy atom. The first-order chi connectivity index (χ1) is 4.74. The molecule has 0 bridgehead atoms. The molecule has 0 spiro atoms. The van der Waals surface area contributed by atoms with Crippen LogP contribution in [0.3, 0.4) is 0 Å². The second kappa shape index (κ2) is 2.68. The topological polar surface area (TPSA) is 55.4 Å². The third-order valence-corrected chi connectivity index (χ3v) is 1.32. The molecule has 0 aliphatic carbocycles. The van der Waals surface area contributed by atoms with Crippen LogP contribution in [0.25, 0.3) is 0 Å². The summed E-state index contributed by atoms with van der Waals surface area (Å²) in [5.41, 5.74) is 0. The van der Waals surface area contributed by atoms with Crippen LogP contribution < -0.4 is 5.32 Å². The van der Waals surface area contributed by atoms with Gasteiger partial charge in [-0.15, -0.1) is 0 Å². The summed E-state index contributed by atoms with van der Waals surface area (Å²) in [5.74, 6) is -0.512. The Kier molecular flexibility index (Phi) is 1.89. The van der Waals surface area contributed by atoms with Gasteiger partial charge in [0.15, 0.2) is 6.10 Å². The van der Waals surface area contributed by atoms with Gasteiger partial charge < -0.3 is 10.1 Å². The summed E-state index contributed by atoms with van der Waals surface area (Å²) in [6, 6.07) is 0. The Bertz CT molecular complexity index is 166. The van der Waals surface area contributed by atoms with Gasteiger partial charge in [-0.2, -0.15) is 0 Å². The number of nitrogens with one attached hydrogen (secondary N) is 1. The molecule has 0 radical (unpaired) electrons. The van der Waals surface area contributed by atoms with Gasteiger partial charge in [-0.25, -0.2) is 0 Å². The number of carbonyl (C=O) groups excluding carboxylic acids is 2. The molecule has 0 aromatic rings. The maximum atomic E-state index is 10.6. The summed E-state index contributed by atoms with van der Waals surface area (Å²) in [4.78, 5) is 21.1. The zero-order chi connectivity index (χ0) is 7.56. The summed E-state index contributed by atoms with van der Waals surface area (Å²) in [6.45, 7) is 2.16. The average Bonchev–Trinajstić information content (AvgIpc) is 1.96. The molecule has 1 saturated heterocycles. The van der Waals surface area contributed by atoms with E-state index in [1.165, 1.54) is 0 Å². The zero-order valence-corrected chi connectivity index (χ0v) is 5.72. The minimum Gasteiger partial charge on any atom is -0.450 e. The normalized spacial score (nSPS) is 22.9. The number of β-lactam (4-membered cyclic amide) rings is 1. The quantitative estimate of drug-likeness (QED) is 0.416. The Hall–Kier alpha value is -1.06. The van der Waals surface area contributed by atoms with Crippen LogP contribution in [0.15, 0.2) is 0 Å². The van der Waals surface area contributed by atoms with Crippen molar-refractivity contribution in [1.82, 2.24) is 5.32 Å². The Labute approximate surface area is 58.5 Å². The second-order valence-corrected chi connectivity index (χ2v) is 2.08. The van der Waals surface area contributed by atoms with Gasteiger partial charge in [-0.1, -0.05) is 6.92 Å². The molecule has 1 amide bonds. The molecule has 1 rings (SSSR count). The third kappa shape index (κ3) is 1.26. The lowest BCUT2D eigenvalue weighted by Crippen LogP contribution is -2.55. The van der Waals surface area contributed by atoms with E-state index in [0.29, 0.717) is 13.0 Å². The lowest BCUT2D eigenvalue weighted by molar-refractivity contribution is -0.161. The third-order valence-electron chi connectivity index (χ3n) is 1.32. The molecular formula is C6H9NO3. The fourth-order valence-electron chi connectivity index (χ4n) is 0.606. The predicted molar refractivity (Wildman–Crippen MR) is 33.2 cm³/mol. The van der Waals surface area contributed by atoms with Crippen molar-refractivity contribution in [2.24, 2.45) is 0 Å². The molecule has 1 aliphatic heterocycles. The maximum Gasteiger partial charge on any atom is 0.306 e. The number of hydrogen-bond donors (Lipinski definition) is 1. The van der Waals surface area contributed by atoms with E-state index < -0.39 is 6.10 Å². The first-order valence-corrected chi connectivity index (χ1v) is 3.21. The van der Waals surface area contributed by atoms with Crippen molar-refractivity contribution < 1.29 is 14.3 Å². The summed E-state index contributed by atoms with van der Waals surface area (Å²) >= 11 is 0. The highest BCUT2D eigenvalue weighted by molar-refractivity contribution is 5.88. The van der Waals surface area contributed by atoms with Crippen LogP contribution >= 0.6 is 0 Å². The van der Waals surface area contributed by atoms with E-state index in [0.717, 1.165) is 0 Å². The number of hydrogen-bond acceptors (Lipinski definition) is 3. The Balaban J connectivity index is 2.25. The van der Waals surface area contributed by atoms with Gasteiger partial charge in [0.1, 0.15) is 0 Å². The van der Waals surface area contributed by atoms with Gasteiger partial charge in [0, 0.05) is 6.42 Å². The maximum absolute atomic E-state index is 10.6. The summed E-state index contributed by atoms with van der Waals surface area (Å²) in [7, 11) is 0. The second-order valence-electron chi connectivity index (χ2n) is 2.08. The highest BCUT2D eigenvalue weighted by Crippen LogP contribution is 2.01. The molecule has 4 heteroatoms. The molecule has 0 aromatic carbocycles. The molecule has 1 N–H and O–H groups in total. The van der Waals surface area contributed by atoms with Crippen molar-refractivity contribution in [1.29, 1.82) is 0 Å². The first kappa shape index (κ1) is 7.05. The molecule has 1 heterocycles. The van der Waals surface area contributed by atoms with Crippen molar-refractivity contribution >= 4 is 11.9 Å². The SMILES string of the molecule is CCC(=O)OC1CNC1=O. The lowest BCUT2D eigenvalue weighted by atomic mass is 10.2. The molecule has 56 valence electrons. The minimum absolute atomic E-state index is 0.193. The fourth-order valence-corrected chi connectivity index (χ4v) is 0.606. The van der Waals surface area contributed by atoms with Crippen LogP contribution in [0.2, 0.25) is 0 Å². The summed E-state index contributed by atoms with van der Waals surface area (Å²) in [6.07, 6.45) is -0.198. The van der Waals surface area contributed by atoms with E-state index in [4.69, 9.17) is 4.74 Å². The molecular weight excluding hydrogens is 134 g/mol. The minimum atomic E-state index is -0.521. The number of ether oxygens (including phenoxy) is 1. The first-order valence-electron chi connectivity index (χ1n) is 3.21. The van der Waals surface area contributed by atoms with Crippen molar-refractivity contribution in [2.45, 2.75) is 19.4 Å². The Morgan fingerprint density at radius 3 is 2.90 bits per heavy atom. The van der Waals surface area contributed by atoms with Gasteiger partial charge in [0.25, 0.3) is 5.91 Å². The summed E-state index contributed by atoms with van der Waals surface area (Å²) < 4.78 is 4.70. The number of esters is 1. The fraction of sp³-hybridized carbons (Fsp3) is 0.667.